The lowest BCUT2D eigenvalue weighted by Crippen LogP contribution is -2.01. The molecule has 0 atom stereocenters. The zero-order chi connectivity index (χ0) is 17.7. The SMILES string of the molecule is CCC(=O)c1cc(C)c(-c2cc3nc(N)sc3c3c2ncn3C)cn1. The van der Waals surface area contributed by atoms with Crippen molar-refractivity contribution >= 4 is 43.5 Å². The fraction of sp³-hybridized carbons (Fsp3) is 0.222. The van der Waals surface area contributed by atoms with Crippen molar-refractivity contribution in [2.45, 2.75) is 20.3 Å². The van der Waals surface area contributed by atoms with E-state index in [4.69, 9.17) is 5.73 Å². The average molecular weight is 351 g/mol. The number of benzene rings is 1. The maximum absolute atomic E-state index is 11.9. The number of hydrogen-bond donors (Lipinski definition) is 1. The van der Waals surface area contributed by atoms with Crippen LogP contribution in [0.2, 0.25) is 0 Å². The van der Waals surface area contributed by atoms with Crippen LogP contribution in [-0.2, 0) is 7.05 Å². The molecule has 2 N–H and O–H groups in total. The molecule has 0 bridgehead atoms. The van der Waals surface area contributed by atoms with Crippen LogP contribution in [0.15, 0.2) is 24.7 Å². The van der Waals surface area contributed by atoms with E-state index in [1.165, 1.54) is 11.3 Å². The number of carbonyl (C=O) groups is 1. The van der Waals surface area contributed by atoms with Gasteiger partial charge in [0, 0.05) is 30.8 Å². The van der Waals surface area contributed by atoms with Crippen molar-refractivity contribution in [2.75, 3.05) is 5.73 Å². The summed E-state index contributed by atoms with van der Waals surface area (Å²) in [7, 11) is 1.96. The fourth-order valence-electron chi connectivity index (χ4n) is 3.09. The lowest BCUT2D eigenvalue weighted by molar-refractivity contribution is 0.0983. The van der Waals surface area contributed by atoms with E-state index in [9.17, 15) is 4.79 Å². The maximum Gasteiger partial charge on any atom is 0.181 e. The molecule has 0 aliphatic heterocycles. The quantitative estimate of drug-likeness (QED) is 0.568. The van der Waals surface area contributed by atoms with Crippen LogP contribution in [0.1, 0.15) is 29.4 Å². The van der Waals surface area contributed by atoms with Crippen LogP contribution in [0.4, 0.5) is 5.13 Å². The van der Waals surface area contributed by atoms with Gasteiger partial charge in [-0.3, -0.25) is 9.78 Å². The second kappa shape index (κ2) is 5.63. The van der Waals surface area contributed by atoms with E-state index in [-0.39, 0.29) is 5.78 Å². The Balaban J connectivity index is 2.01. The molecular formula is C18H17N5OS. The van der Waals surface area contributed by atoms with Crippen molar-refractivity contribution in [2.24, 2.45) is 7.05 Å². The number of nitrogens with two attached hydrogens (primary N) is 1. The van der Waals surface area contributed by atoms with Gasteiger partial charge >= 0.3 is 0 Å². The molecule has 1 aromatic carbocycles. The molecule has 0 fully saturated rings. The highest BCUT2D eigenvalue weighted by atomic mass is 32.1. The van der Waals surface area contributed by atoms with Gasteiger partial charge in [0.2, 0.25) is 0 Å². The van der Waals surface area contributed by atoms with Gasteiger partial charge < -0.3 is 10.3 Å². The molecule has 0 radical (unpaired) electrons. The number of aromatic nitrogens is 4. The predicted molar refractivity (Wildman–Crippen MR) is 101 cm³/mol. The minimum atomic E-state index is 0.0420. The molecule has 0 saturated carbocycles. The Labute approximate surface area is 148 Å². The molecule has 3 aromatic heterocycles. The number of imidazole rings is 1. The van der Waals surface area contributed by atoms with Crippen molar-refractivity contribution in [3.05, 3.63) is 35.9 Å². The van der Waals surface area contributed by atoms with Crippen molar-refractivity contribution in [1.82, 2.24) is 19.5 Å². The minimum absolute atomic E-state index is 0.0420. The predicted octanol–water partition coefficient (Wildman–Crippen LogP) is 3.73. The molecule has 6 nitrogen and oxygen atoms in total. The van der Waals surface area contributed by atoms with E-state index >= 15 is 0 Å². The van der Waals surface area contributed by atoms with Gasteiger partial charge in [0.25, 0.3) is 0 Å². The Hall–Kier alpha value is -2.80. The highest BCUT2D eigenvalue weighted by Gasteiger charge is 2.18. The Kier molecular flexibility index (Phi) is 3.54. The minimum Gasteiger partial charge on any atom is -0.375 e. The number of ketones is 1. The van der Waals surface area contributed by atoms with Gasteiger partial charge in [-0.2, -0.15) is 0 Å². The van der Waals surface area contributed by atoms with E-state index < -0.39 is 0 Å². The number of aryl methyl sites for hydroxylation is 2. The van der Waals surface area contributed by atoms with Crippen molar-refractivity contribution in [3.8, 4) is 11.1 Å². The topological polar surface area (TPSA) is 86.7 Å². The molecule has 0 aliphatic carbocycles. The Morgan fingerprint density at radius 1 is 1.28 bits per heavy atom. The van der Waals surface area contributed by atoms with Gasteiger partial charge in [-0.25, -0.2) is 9.97 Å². The number of nitrogens with zero attached hydrogens (tertiary/aromatic N) is 4. The lowest BCUT2D eigenvalue weighted by atomic mass is 9.99. The molecule has 4 aromatic rings. The van der Waals surface area contributed by atoms with Gasteiger partial charge in [-0.1, -0.05) is 18.3 Å². The second-order valence-corrected chi connectivity index (χ2v) is 7.07. The first-order chi connectivity index (χ1) is 12.0. The first-order valence-electron chi connectivity index (χ1n) is 7.99. The van der Waals surface area contributed by atoms with E-state index in [0.29, 0.717) is 17.2 Å². The van der Waals surface area contributed by atoms with Crippen LogP contribution in [0, 0.1) is 6.92 Å². The molecule has 0 amide bonds. The third kappa shape index (κ3) is 2.39. The highest BCUT2D eigenvalue weighted by molar-refractivity contribution is 7.22. The van der Waals surface area contributed by atoms with Crippen LogP contribution in [0.5, 0.6) is 0 Å². The fourth-order valence-corrected chi connectivity index (χ4v) is 3.99. The summed E-state index contributed by atoms with van der Waals surface area (Å²) in [4.78, 5) is 25.3. The lowest BCUT2D eigenvalue weighted by Gasteiger charge is -2.09. The summed E-state index contributed by atoms with van der Waals surface area (Å²) in [5, 5.41) is 0.536. The van der Waals surface area contributed by atoms with Gasteiger partial charge in [-0.15, -0.1) is 0 Å². The van der Waals surface area contributed by atoms with Gasteiger partial charge in [0.1, 0.15) is 5.69 Å². The monoisotopic (exact) mass is 351 g/mol. The number of carbonyl (C=O) groups excluding carboxylic acids is 1. The zero-order valence-corrected chi connectivity index (χ0v) is 15.0. The number of anilines is 1. The van der Waals surface area contributed by atoms with E-state index in [1.807, 2.05) is 37.6 Å². The molecule has 126 valence electrons. The van der Waals surface area contributed by atoms with Crippen LogP contribution < -0.4 is 5.73 Å². The molecule has 3 heterocycles. The summed E-state index contributed by atoms with van der Waals surface area (Å²) >= 11 is 1.46. The summed E-state index contributed by atoms with van der Waals surface area (Å²) in [6, 6.07) is 3.85. The van der Waals surface area contributed by atoms with Gasteiger partial charge in [0.15, 0.2) is 10.9 Å². The van der Waals surface area contributed by atoms with Gasteiger partial charge in [-0.05, 0) is 24.6 Å². The number of Topliss-reactive ketones (excluding diaryl/α,β-unsaturated/α-hetero) is 1. The number of rotatable bonds is 3. The van der Waals surface area contributed by atoms with Gasteiger partial charge in [0.05, 0.1) is 27.6 Å². The van der Waals surface area contributed by atoms with Crippen molar-refractivity contribution in [1.29, 1.82) is 0 Å². The smallest absolute Gasteiger partial charge is 0.181 e. The molecule has 4 rings (SSSR count). The molecule has 0 unspecified atom stereocenters. The maximum atomic E-state index is 11.9. The third-order valence-corrected chi connectivity index (χ3v) is 5.27. The summed E-state index contributed by atoms with van der Waals surface area (Å²) in [6.45, 7) is 3.82. The Morgan fingerprint density at radius 2 is 2.08 bits per heavy atom. The number of pyridine rings is 1. The molecule has 0 saturated heterocycles. The first-order valence-corrected chi connectivity index (χ1v) is 8.81. The van der Waals surface area contributed by atoms with E-state index in [1.54, 1.807) is 12.5 Å². The molecule has 0 spiro atoms. The third-order valence-electron chi connectivity index (χ3n) is 4.37. The molecular weight excluding hydrogens is 334 g/mol. The van der Waals surface area contributed by atoms with Crippen LogP contribution >= 0.6 is 11.3 Å². The van der Waals surface area contributed by atoms with E-state index in [2.05, 4.69) is 15.0 Å². The first kappa shape index (κ1) is 15.7. The standard InChI is InChI=1S/C18H17N5OS/c1-4-14(24)12-5-9(2)11(7-20-12)10-6-13-17(25-18(19)22-13)16-15(10)21-8-23(16)3/h5-8H,4H2,1-3H3,(H2,19,22). The largest absolute Gasteiger partial charge is 0.375 e. The Morgan fingerprint density at radius 3 is 2.80 bits per heavy atom. The average Bonchev–Trinajstić information content (AvgIpc) is 3.15. The van der Waals surface area contributed by atoms with Crippen molar-refractivity contribution in [3.63, 3.8) is 0 Å². The summed E-state index contributed by atoms with van der Waals surface area (Å²) in [5.74, 6) is 0.0420. The van der Waals surface area contributed by atoms with Crippen LogP contribution in [-0.4, -0.2) is 25.3 Å². The highest BCUT2D eigenvalue weighted by Crippen LogP contribution is 2.38. The Bertz CT molecular complexity index is 1140. The number of nitrogen functional groups attached to an aromatic ring is 1. The van der Waals surface area contributed by atoms with Crippen LogP contribution in [0.25, 0.3) is 32.4 Å². The summed E-state index contributed by atoms with van der Waals surface area (Å²) in [5.41, 5.74) is 12.0. The summed E-state index contributed by atoms with van der Waals surface area (Å²) in [6.07, 6.45) is 3.99. The normalized spacial score (nSPS) is 11.5. The van der Waals surface area contributed by atoms with Crippen LogP contribution in [0.3, 0.4) is 0 Å². The number of fused-ring (bicyclic) bond motifs is 3. The number of hydrogen-bond acceptors (Lipinski definition) is 6. The van der Waals surface area contributed by atoms with E-state index in [0.717, 1.165) is 37.9 Å². The summed E-state index contributed by atoms with van der Waals surface area (Å²) < 4.78 is 3.01. The van der Waals surface area contributed by atoms with Crippen molar-refractivity contribution < 1.29 is 4.79 Å². The molecule has 25 heavy (non-hydrogen) atoms. The molecule has 7 heteroatoms. The zero-order valence-electron chi connectivity index (χ0n) is 14.2. The molecule has 0 aliphatic rings. The number of thiazole rings is 1. The second-order valence-electron chi connectivity index (χ2n) is 6.04.